The summed E-state index contributed by atoms with van der Waals surface area (Å²) in [6.45, 7) is 4.81. The Morgan fingerprint density at radius 2 is 2.04 bits per heavy atom. The molecule has 0 unspecified atom stereocenters. The fourth-order valence-corrected chi connectivity index (χ4v) is 2.55. The van der Waals surface area contributed by atoms with Gasteiger partial charge in [0.25, 0.3) is 5.91 Å². The summed E-state index contributed by atoms with van der Waals surface area (Å²) in [6, 6.07) is 6.36. The Kier molecular flexibility index (Phi) is 5.73. The topological polar surface area (TPSA) is 78.5 Å². The molecule has 0 radical (unpaired) electrons. The molecule has 0 saturated carbocycles. The van der Waals surface area contributed by atoms with Crippen LogP contribution in [0.1, 0.15) is 43.5 Å². The van der Waals surface area contributed by atoms with Gasteiger partial charge in [0, 0.05) is 19.5 Å². The molecule has 0 aliphatic carbocycles. The highest BCUT2D eigenvalue weighted by atomic mass is 16.2. The highest BCUT2D eigenvalue weighted by Crippen LogP contribution is 2.25. The number of anilines is 1. The Hall–Kier alpha value is -2.37. The van der Waals surface area contributed by atoms with Gasteiger partial charge in [-0.1, -0.05) is 19.1 Å². The number of para-hydroxylation sites is 1. The van der Waals surface area contributed by atoms with E-state index >= 15 is 0 Å². The molecule has 124 valence electrons. The second-order valence-corrected chi connectivity index (χ2v) is 5.65. The molecule has 2 rings (SSSR count). The van der Waals surface area contributed by atoms with Crippen LogP contribution in [0, 0.1) is 0 Å². The second kappa shape index (κ2) is 7.76. The van der Waals surface area contributed by atoms with E-state index in [2.05, 4.69) is 10.6 Å². The summed E-state index contributed by atoms with van der Waals surface area (Å²) in [6.07, 6.45) is 2.14. The van der Waals surface area contributed by atoms with Crippen molar-refractivity contribution in [1.29, 1.82) is 0 Å². The van der Waals surface area contributed by atoms with Crippen molar-refractivity contribution in [3.8, 4) is 0 Å². The Labute approximate surface area is 136 Å². The predicted octanol–water partition coefficient (Wildman–Crippen LogP) is 1.46. The average Bonchev–Trinajstić information content (AvgIpc) is 2.98. The van der Waals surface area contributed by atoms with E-state index in [0.717, 1.165) is 12.8 Å². The van der Waals surface area contributed by atoms with Gasteiger partial charge in [-0.15, -0.1) is 0 Å². The lowest BCUT2D eigenvalue weighted by Gasteiger charge is -2.20. The lowest BCUT2D eigenvalue weighted by atomic mass is 10.1. The van der Waals surface area contributed by atoms with Crippen molar-refractivity contribution < 1.29 is 14.4 Å². The molecule has 23 heavy (non-hydrogen) atoms. The number of benzene rings is 1. The van der Waals surface area contributed by atoms with Gasteiger partial charge in [-0.25, -0.2) is 0 Å². The van der Waals surface area contributed by atoms with E-state index in [-0.39, 0.29) is 17.7 Å². The monoisotopic (exact) mass is 317 g/mol. The molecule has 1 atom stereocenters. The number of carbonyl (C=O) groups excluding carboxylic acids is 3. The average molecular weight is 317 g/mol. The number of carbonyl (C=O) groups is 3. The van der Waals surface area contributed by atoms with Gasteiger partial charge in [0.05, 0.1) is 11.3 Å². The zero-order chi connectivity index (χ0) is 16.8. The van der Waals surface area contributed by atoms with E-state index in [1.54, 1.807) is 36.1 Å². The number of rotatable bonds is 6. The number of hydrogen-bond acceptors (Lipinski definition) is 3. The molecular weight excluding hydrogens is 294 g/mol. The van der Waals surface area contributed by atoms with Crippen molar-refractivity contribution in [3.05, 3.63) is 29.8 Å². The maximum Gasteiger partial charge on any atom is 0.254 e. The van der Waals surface area contributed by atoms with Crippen molar-refractivity contribution in [3.63, 3.8) is 0 Å². The Morgan fingerprint density at radius 3 is 2.70 bits per heavy atom. The second-order valence-electron chi connectivity index (χ2n) is 5.65. The first-order valence-electron chi connectivity index (χ1n) is 8.02. The van der Waals surface area contributed by atoms with Gasteiger partial charge in [0.2, 0.25) is 11.8 Å². The quantitative estimate of drug-likeness (QED) is 0.834. The van der Waals surface area contributed by atoms with Crippen LogP contribution in [0.3, 0.4) is 0 Å². The lowest BCUT2D eigenvalue weighted by molar-refractivity contribution is -0.122. The fourth-order valence-electron chi connectivity index (χ4n) is 2.55. The maximum absolute atomic E-state index is 12.5. The molecule has 1 aromatic rings. The van der Waals surface area contributed by atoms with Crippen molar-refractivity contribution in [2.45, 2.75) is 39.2 Å². The van der Waals surface area contributed by atoms with Crippen LogP contribution >= 0.6 is 0 Å². The zero-order valence-electron chi connectivity index (χ0n) is 13.6. The van der Waals surface area contributed by atoms with E-state index in [1.165, 1.54) is 0 Å². The third-order valence-corrected chi connectivity index (χ3v) is 3.80. The SMILES string of the molecule is CCCNC(=O)[C@H](C)NC(=O)c1ccccc1N1CCCC1=O. The number of amides is 3. The van der Waals surface area contributed by atoms with E-state index in [4.69, 9.17) is 0 Å². The molecule has 6 nitrogen and oxygen atoms in total. The van der Waals surface area contributed by atoms with Crippen LogP contribution < -0.4 is 15.5 Å². The summed E-state index contributed by atoms with van der Waals surface area (Å²) in [5.41, 5.74) is 1.02. The first-order chi connectivity index (χ1) is 11.0. The van der Waals surface area contributed by atoms with Crippen molar-refractivity contribution in [2.75, 3.05) is 18.0 Å². The number of nitrogens with zero attached hydrogens (tertiary/aromatic N) is 1. The highest BCUT2D eigenvalue weighted by Gasteiger charge is 2.26. The molecule has 0 aromatic heterocycles. The third-order valence-electron chi connectivity index (χ3n) is 3.80. The zero-order valence-corrected chi connectivity index (χ0v) is 13.6. The summed E-state index contributed by atoms with van der Waals surface area (Å²) in [5.74, 6) is -0.534. The van der Waals surface area contributed by atoms with E-state index in [1.807, 2.05) is 6.92 Å². The first kappa shape index (κ1) is 17.0. The van der Waals surface area contributed by atoms with Crippen molar-refractivity contribution in [1.82, 2.24) is 10.6 Å². The van der Waals surface area contributed by atoms with E-state index in [9.17, 15) is 14.4 Å². The van der Waals surface area contributed by atoms with Crippen LogP contribution in [0.15, 0.2) is 24.3 Å². The molecule has 1 fully saturated rings. The summed E-state index contributed by atoms with van der Waals surface area (Å²) in [5, 5.41) is 5.44. The molecule has 1 aromatic carbocycles. The molecule has 2 N–H and O–H groups in total. The molecule has 1 aliphatic heterocycles. The third kappa shape index (κ3) is 4.09. The van der Waals surface area contributed by atoms with Gasteiger partial charge in [0.1, 0.15) is 6.04 Å². The van der Waals surface area contributed by atoms with Crippen LogP contribution in [0.4, 0.5) is 5.69 Å². The number of nitrogens with one attached hydrogen (secondary N) is 2. The van der Waals surface area contributed by atoms with Crippen LogP contribution in [-0.4, -0.2) is 36.9 Å². The van der Waals surface area contributed by atoms with Gasteiger partial charge < -0.3 is 15.5 Å². The molecule has 1 saturated heterocycles. The van der Waals surface area contributed by atoms with Crippen LogP contribution in [0.2, 0.25) is 0 Å². The first-order valence-corrected chi connectivity index (χ1v) is 8.02. The molecular formula is C17H23N3O3. The lowest BCUT2D eigenvalue weighted by Crippen LogP contribution is -2.45. The normalized spacial score (nSPS) is 15.4. The summed E-state index contributed by atoms with van der Waals surface area (Å²) in [7, 11) is 0. The molecule has 6 heteroatoms. The minimum absolute atomic E-state index is 0.0268. The summed E-state index contributed by atoms with van der Waals surface area (Å²) < 4.78 is 0. The minimum atomic E-state index is -0.628. The van der Waals surface area contributed by atoms with Crippen LogP contribution in [0.25, 0.3) is 0 Å². The van der Waals surface area contributed by atoms with Crippen molar-refractivity contribution in [2.24, 2.45) is 0 Å². The summed E-state index contributed by atoms with van der Waals surface area (Å²) in [4.78, 5) is 37.9. The van der Waals surface area contributed by atoms with Gasteiger partial charge in [-0.2, -0.15) is 0 Å². The van der Waals surface area contributed by atoms with Gasteiger partial charge in [-0.3, -0.25) is 14.4 Å². The predicted molar refractivity (Wildman–Crippen MR) is 88.3 cm³/mol. The Bertz CT molecular complexity index is 601. The minimum Gasteiger partial charge on any atom is -0.354 e. The maximum atomic E-state index is 12.5. The molecule has 0 bridgehead atoms. The van der Waals surface area contributed by atoms with Gasteiger partial charge in [-0.05, 0) is 31.9 Å². The number of hydrogen-bond donors (Lipinski definition) is 2. The highest BCUT2D eigenvalue weighted by molar-refractivity contribution is 6.06. The Morgan fingerprint density at radius 1 is 1.30 bits per heavy atom. The van der Waals surface area contributed by atoms with Crippen LogP contribution in [-0.2, 0) is 9.59 Å². The van der Waals surface area contributed by atoms with Crippen molar-refractivity contribution >= 4 is 23.4 Å². The van der Waals surface area contributed by atoms with Gasteiger partial charge >= 0.3 is 0 Å². The van der Waals surface area contributed by atoms with E-state index < -0.39 is 6.04 Å². The molecule has 3 amide bonds. The fraction of sp³-hybridized carbons (Fsp3) is 0.471. The van der Waals surface area contributed by atoms with Crippen LogP contribution in [0.5, 0.6) is 0 Å². The largest absolute Gasteiger partial charge is 0.354 e. The molecule has 1 aliphatic rings. The summed E-state index contributed by atoms with van der Waals surface area (Å²) >= 11 is 0. The molecule has 1 heterocycles. The van der Waals surface area contributed by atoms with E-state index in [0.29, 0.717) is 30.8 Å². The molecule has 0 spiro atoms. The Balaban J connectivity index is 2.10. The standard InChI is InChI=1S/C17H23N3O3/c1-3-10-18-16(22)12(2)19-17(23)13-7-4-5-8-14(13)20-11-6-9-15(20)21/h4-5,7-8,12H,3,6,9-11H2,1-2H3,(H,18,22)(H,19,23)/t12-/m0/s1. The smallest absolute Gasteiger partial charge is 0.254 e. The van der Waals surface area contributed by atoms with Gasteiger partial charge in [0.15, 0.2) is 0 Å².